The van der Waals surface area contributed by atoms with Gasteiger partial charge in [-0.1, -0.05) is 75.4 Å². The highest BCUT2D eigenvalue weighted by Gasteiger charge is 2.27. The first-order chi connectivity index (χ1) is 18.5. The fourth-order valence-corrected chi connectivity index (χ4v) is 5.42. The van der Waals surface area contributed by atoms with Crippen LogP contribution >= 0.6 is 0 Å². The number of imidazole rings is 1. The van der Waals surface area contributed by atoms with Crippen molar-refractivity contribution in [3.05, 3.63) is 83.2 Å². The van der Waals surface area contributed by atoms with Gasteiger partial charge in [0.05, 0.1) is 12.1 Å². The normalized spacial score (nSPS) is 12.2. The van der Waals surface area contributed by atoms with E-state index in [2.05, 4.69) is 106 Å². The molecule has 0 unspecified atom stereocenters. The van der Waals surface area contributed by atoms with E-state index in [4.69, 9.17) is 14.7 Å². The monoisotopic (exact) mass is 527 g/mol. The molecule has 0 aliphatic carbocycles. The Hall–Kier alpha value is -3.38. The SMILES string of the molecule is Cc1ccccc1CNc1cc2c(nc(CCCOCc3ccccc3)n2C)c(NC(C)(C)CC(C)(C)C)n1. The number of hydrogen-bond acceptors (Lipinski definition) is 5. The van der Waals surface area contributed by atoms with E-state index in [0.717, 1.165) is 54.3 Å². The van der Waals surface area contributed by atoms with Gasteiger partial charge in [0.15, 0.2) is 5.82 Å². The second-order valence-corrected chi connectivity index (χ2v) is 12.5. The summed E-state index contributed by atoms with van der Waals surface area (Å²) in [5, 5.41) is 7.32. The number of nitrogens with zero attached hydrogens (tertiary/aromatic N) is 3. The topological polar surface area (TPSA) is 64.0 Å². The average Bonchev–Trinajstić information content (AvgIpc) is 3.18. The van der Waals surface area contributed by atoms with Crippen molar-refractivity contribution in [3.63, 3.8) is 0 Å². The maximum Gasteiger partial charge on any atom is 0.157 e. The lowest BCUT2D eigenvalue weighted by atomic mass is 9.82. The van der Waals surface area contributed by atoms with Crippen LogP contribution in [0.1, 0.15) is 70.0 Å². The first-order valence-corrected chi connectivity index (χ1v) is 14.1. The number of ether oxygens (including phenoxy) is 1. The van der Waals surface area contributed by atoms with Gasteiger partial charge >= 0.3 is 0 Å². The molecular formula is C33H45N5O. The highest BCUT2D eigenvalue weighted by atomic mass is 16.5. The second-order valence-electron chi connectivity index (χ2n) is 12.5. The third-order valence-corrected chi connectivity index (χ3v) is 6.91. The lowest BCUT2D eigenvalue weighted by molar-refractivity contribution is 0.118. The van der Waals surface area contributed by atoms with Gasteiger partial charge in [-0.05, 0) is 55.7 Å². The number of pyridine rings is 1. The fraction of sp³-hybridized carbons (Fsp3) is 0.455. The van der Waals surface area contributed by atoms with E-state index in [-0.39, 0.29) is 11.0 Å². The van der Waals surface area contributed by atoms with Crippen molar-refractivity contribution in [2.24, 2.45) is 12.5 Å². The van der Waals surface area contributed by atoms with Crippen LogP contribution in [-0.2, 0) is 31.4 Å². The predicted molar refractivity (Wildman–Crippen MR) is 163 cm³/mol. The Balaban J connectivity index is 1.54. The lowest BCUT2D eigenvalue weighted by Gasteiger charge is -2.34. The molecule has 0 amide bonds. The summed E-state index contributed by atoms with van der Waals surface area (Å²) in [4.78, 5) is 10.1. The largest absolute Gasteiger partial charge is 0.377 e. The van der Waals surface area contributed by atoms with Gasteiger partial charge < -0.3 is 19.9 Å². The van der Waals surface area contributed by atoms with Gasteiger partial charge in [0.25, 0.3) is 0 Å². The number of benzene rings is 2. The average molecular weight is 528 g/mol. The minimum absolute atomic E-state index is 0.143. The molecule has 0 saturated carbocycles. The molecule has 2 heterocycles. The molecule has 208 valence electrons. The number of hydrogen-bond donors (Lipinski definition) is 2. The molecule has 4 aromatic rings. The Bertz CT molecular complexity index is 1370. The summed E-state index contributed by atoms with van der Waals surface area (Å²) in [5.41, 5.74) is 5.77. The van der Waals surface area contributed by atoms with E-state index < -0.39 is 0 Å². The van der Waals surface area contributed by atoms with E-state index >= 15 is 0 Å². The van der Waals surface area contributed by atoms with Crippen LogP contribution in [-0.4, -0.2) is 26.7 Å². The molecule has 0 fully saturated rings. The molecule has 2 N–H and O–H groups in total. The zero-order valence-electron chi connectivity index (χ0n) is 24.8. The van der Waals surface area contributed by atoms with Crippen molar-refractivity contribution in [1.82, 2.24) is 14.5 Å². The minimum Gasteiger partial charge on any atom is -0.377 e. The van der Waals surface area contributed by atoms with Gasteiger partial charge in [-0.25, -0.2) is 9.97 Å². The van der Waals surface area contributed by atoms with Gasteiger partial charge in [-0.2, -0.15) is 0 Å². The molecule has 4 rings (SSSR count). The molecule has 6 nitrogen and oxygen atoms in total. The van der Waals surface area contributed by atoms with Crippen LogP contribution in [0.2, 0.25) is 0 Å². The van der Waals surface area contributed by atoms with Crippen LogP contribution in [0.3, 0.4) is 0 Å². The van der Waals surface area contributed by atoms with Gasteiger partial charge in [0, 0.05) is 38.2 Å². The molecule has 0 aliphatic heterocycles. The van der Waals surface area contributed by atoms with E-state index in [1.54, 1.807) is 0 Å². The lowest BCUT2D eigenvalue weighted by Crippen LogP contribution is -2.35. The van der Waals surface area contributed by atoms with Gasteiger partial charge in [0.2, 0.25) is 0 Å². The summed E-state index contributed by atoms with van der Waals surface area (Å²) < 4.78 is 8.13. The van der Waals surface area contributed by atoms with Crippen LogP contribution in [0.5, 0.6) is 0 Å². The molecule has 0 bridgehead atoms. The summed E-state index contributed by atoms with van der Waals surface area (Å²) in [6.07, 6.45) is 2.76. The summed E-state index contributed by atoms with van der Waals surface area (Å²) in [7, 11) is 2.10. The molecule has 2 aromatic carbocycles. The highest BCUT2D eigenvalue weighted by molar-refractivity contribution is 5.89. The van der Waals surface area contributed by atoms with Crippen LogP contribution in [0.25, 0.3) is 11.0 Å². The fourth-order valence-electron chi connectivity index (χ4n) is 5.42. The summed E-state index contributed by atoms with van der Waals surface area (Å²) >= 11 is 0. The van der Waals surface area contributed by atoms with Crippen LogP contribution < -0.4 is 10.6 Å². The molecule has 0 radical (unpaired) electrons. The molecule has 0 atom stereocenters. The first-order valence-electron chi connectivity index (χ1n) is 14.1. The van der Waals surface area contributed by atoms with Crippen molar-refractivity contribution >= 4 is 22.7 Å². The quantitative estimate of drug-likeness (QED) is 0.185. The second kappa shape index (κ2) is 12.2. The maximum atomic E-state index is 5.92. The minimum atomic E-state index is -0.143. The van der Waals surface area contributed by atoms with Gasteiger partial charge in [-0.3, -0.25) is 0 Å². The predicted octanol–water partition coefficient (Wildman–Crippen LogP) is 7.66. The van der Waals surface area contributed by atoms with E-state index in [1.165, 1.54) is 16.7 Å². The number of anilines is 2. The van der Waals surface area contributed by atoms with E-state index in [1.807, 2.05) is 18.2 Å². The Kier molecular flexibility index (Phi) is 8.96. The Morgan fingerprint density at radius 3 is 2.36 bits per heavy atom. The zero-order chi connectivity index (χ0) is 28.0. The third-order valence-electron chi connectivity index (χ3n) is 6.91. The van der Waals surface area contributed by atoms with Gasteiger partial charge in [0.1, 0.15) is 17.2 Å². The van der Waals surface area contributed by atoms with Crippen molar-refractivity contribution in [2.75, 3.05) is 17.2 Å². The Labute approximate surface area is 234 Å². The molecular weight excluding hydrogens is 482 g/mol. The highest BCUT2D eigenvalue weighted by Crippen LogP contribution is 2.33. The van der Waals surface area contributed by atoms with Crippen molar-refractivity contribution in [3.8, 4) is 0 Å². The summed E-state index contributed by atoms with van der Waals surface area (Å²) in [5.74, 6) is 2.72. The van der Waals surface area contributed by atoms with E-state index in [0.29, 0.717) is 13.2 Å². The van der Waals surface area contributed by atoms with Crippen molar-refractivity contribution < 1.29 is 4.74 Å². The molecule has 6 heteroatoms. The first kappa shape index (κ1) is 28.6. The number of aromatic nitrogens is 3. The number of rotatable bonds is 12. The van der Waals surface area contributed by atoms with E-state index in [9.17, 15) is 0 Å². The van der Waals surface area contributed by atoms with Gasteiger partial charge in [-0.15, -0.1) is 0 Å². The van der Waals surface area contributed by atoms with Crippen LogP contribution in [0.15, 0.2) is 60.7 Å². The number of aryl methyl sites for hydroxylation is 3. The van der Waals surface area contributed by atoms with Crippen LogP contribution in [0, 0.1) is 12.3 Å². The summed E-state index contributed by atoms with van der Waals surface area (Å²) in [6.45, 7) is 15.5. The molecule has 0 spiro atoms. The molecule has 2 aromatic heterocycles. The zero-order valence-corrected chi connectivity index (χ0v) is 24.8. The van der Waals surface area contributed by atoms with Crippen molar-refractivity contribution in [1.29, 1.82) is 0 Å². The smallest absolute Gasteiger partial charge is 0.157 e. The summed E-state index contributed by atoms with van der Waals surface area (Å²) in [6, 6.07) is 20.9. The van der Waals surface area contributed by atoms with Crippen molar-refractivity contribution in [2.45, 2.75) is 79.5 Å². The molecule has 0 saturated heterocycles. The molecule has 39 heavy (non-hydrogen) atoms. The molecule has 0 aliphatic rings. The third kappa shape index (κ3) is 8.06. The Morgan fingerprint density at radius 1 is 0.923 bits per heavy atom. The number of fused-ring (bicyclic) bond motifs is 1. The standard InChI is InChI=1S/C33H45N5O/c1-24-14-11-12-17-26(24)21-34-28-20-27-30(31(35-28)37-33(5,6)23-32(2,3)4)36-29(38(27)7)18-13-19-39-22-25-15-9-8-10-16-25/h8-12,14-17,20H,13,18-19,21-23H2,1-7H3,(H2,34,35,37). The maximum absolute atomic E-state index is 5.92. The van der Waals surface area contributed by atoms with Crippen LogP contribution in [0.4, 0.5) is 11.6 Å². The number of nitrogens with one attached hydrogen (secondary N) is 2. The Morgan fingerprint density at radius 2 is 1.64 bits per heavy atom.